The maximum Gasteiger partial charge on any atom is 0.278 e. The molecule has 3 aromatic rings. The van der Waals surface area contributed by atoms with E-state index in [1.165, 1.54) is 12.3 Å². The normalized spacial score (nSPS) is 13.0. The van der Waals surface area contributed by atoms with Crippen LogP contribution in [0.15, 0.2) is 36.8 Å². The Bertz CT molecular complexity index is 972. The van der Waals surface area contributed by atoms with Crippen LogP contribution in [0.25, 0.3) is 10.8 Å². The highest BCUT2D eigenvalue weighted by atomic mass is 16.6. The van der Waals surface area contributed by atoms with Crippen molar-refractivity contribution < 1.29 is 4.92 Å². The number of pyridine rings is 1. The van der Waals surface area contributed by atoms with Gasteiger partial charge in [0.2, 0.25) is 0 Å². The fourth-order valence-corrected chi connectivity index (χ4v) is 3.01. The number of aromatic nitrogens is 3. The lowest BCUT2D eigenvalue weighted by atomic mass is 10.1. The van der Waals surface area contributed by atoms with Crippen LogP contribution >= 0.6 is 0 Å². The van der Waals surface area contributed by atoms with E-state index >= 15 is 0 Å². The molecular formula is C19H23N5O2. The summed E-state index contributed by atoms with van der Waals surface area (Å²) in [4.78, 5) is 14.9. The van der Waals surface area contributed by atoms with Crippen LogP contribution in [-0.4, -0.2) is 19.7 Å². The molecule has 1 atom stereocenters. The van der Waals surface area contributed by atoms with Gasteiger partial charge in [-0.2, -0.15) is 5.10 Å². The summed E-state index contributed by atoms with van der Waals surface area (Å²) in [5.41, 5.74) is 2.87. The number of nitro groups is 1. The molecule has 0 aliphatic carbocycles. The molecule has 7 nitrogen and oxygen atoms in total. The zero-order chi connectivity index (χ0) is 19.1. The Morgan fingerprint density at radius 1 is 1.23 bits per heavy atom. The fraction of sp³-hybridized carbons (Fsp3) is 0.368. The van der Waals surface area contributed by atoms with Gasteiger partial charge in [0.05, 0.1) is 27.6 Å². The van der Waals surface area contributed by atoms with Crippen LogP contribution in [0.4, 0.5) is 11.4 Å². The molecule has 0 saturated carbocycles. The number of anilines is 1. The molecule has 7 heteroatoms. The van der Waals surface area contributed by atoms with E-state index in [1.54, 1.807) is 18.3 Å². The summed E-state index contributed by atoms with van der Waals surface area (Å²) in [7, 11) is 0. The molecule has 0 radical (unpaired) electrons. The van der Waals surface area contributed by atoms with Crippen molar-refractivity contribution in [3.63, 3.8) is 0 Å². The highest BCUT2D eigenvalue weighted by Crippen LogP contribution is 2.33. The monoisotopic (exact) mass is 353 g/mol. The van der Waals surface area contributed by atoms with Crippen molar-refractivity contribution in [3.8, 4) is 0 Å². The van der Waals surface area contributed by atoms with E-state index < -0.39 is 0 Å². The van der Waals surface area contributed by atoms with E-state index in [-0.39, 0.29) is 22.2 Å². The number of rotatable bonds is 4. The molecule has 0 amide bonds. The van der Waals surface area contributed by atoms with Crippen LogP contribution in [0.2, 0.25) is 0 Å². The third-order valence-corrected chi connectivity index (χ3v) is 4.45. The number of nitrogens with zero attached hydrogens (tertiary/aromatic N) is 4. The van der Waals surface area contributed by atoms with Crippen LogP contribution in [-0.2, 0) is 5.54 Å². The van der Waals surface area contributed by atoms with Crippen molar-refractivity contribution in [2.24, 2.45) is 0 Å². The summed E-state index contributed by atoms with van der Waals surface area (Å²) in [6.45, 7) is 10.4. The minimum Gasteiger partial charge on any atom is -0.378 e. The third kappa shape index (κ3) is 3.24. The number of non-ortho nitro benzene ring substituents is 1. The lowest BCUT2D eigenvalue weighted by molar-refractivity contribution is -0.383. The lowest BCUT2D eigenvalue weighted by Crippen LogP contribution is -2.22. The molecule has 0 aliphatic rings. The Morgan fingerprint density at radius 2 is 1.96 bits per heavy atom. The summed E-state index contributed by atoms with van der Waals surface area (Å²) in [6, 6.07) is 5.07. The summed E-state index contributed by atoms with van der Waals surface area (Å²) in [6.07, 6.45) is 5.24. The van der Waals surface area contributed by atoms with Gasteiger partial charge in [-0.25, -0.2) is 0 Å². The number of fused-ring (bicyclic) bond motifs is 1. The molecule has 136 valence electrons. The van der Waals surface area contributed by atoms with Crippen molar-refractivity contribution in [2.45, 2.75) is 46.2 Å². The number of hydrogen-bond acceptors (Lipinski definition) is 5. The highest BCUT2D eigenvalue weighted by molar-refractivity contribution is 5.99. The second-order valence-corrected chi connectivity index (χ2v) is 7.46. The number of benzene rings is 1. The third-order valence-electron chi connectivity index (χ3n) is 4.45. The topological polar surface area (TPSA) is 85.9 Å². The molecule has 1 aromatic carbocycles. The highest BCUT2D eigenvalue weighted by Gasteiger charge is 2.20. The van der Waals surface area contributed by atoms with Gasteiger partial charge in [-0.15, -0.1) is 0 Å². The maximum atomic E-state index is 11.3. The van der Waals surface area contributed by atoms with E-state index in [9.17, 15) is 10.1 Å². The Kier molecular flexibility index (Phi) is 4.39. The van der Waals surface area contributed by atoms with Gasteiger partial charge in [0.15, 0.2) is 0 Å². The van der Waals surface area contributed by atoms with E-state index in [0.717, 1.165) is 22.3 Å². The smallest absolute Gasteiger partial charge is 0.278 e. The standard InChI is InChI=1S/C19H23N5O2/c1-12(16-11-23(19(3,4)5)22-13(16)2)21-17-6-7-18(24(25)26)15-10-20-9-8-14(15)17/h6-12,21H,1-5H3. The molecule has 3 rings (SSSR count). The van der Waals surface area contributed by atoms with Crippen molar-refractivity contribution >= 4 is 22.1 Å². The quantitative estimate of drug-likeness (QED) is 0.548. The lowest BCUT2D eigenvalue weighted by Gasteiger charge is -2.19. The number of nitrogens with one attached hydrogen (secondary N) is 1. The molecular weight excluding hydrogens is 330 g/mol. The Morgan fingerprint density at radius 3 is 2.58 bits per heavy atom. The number of nitro benzene ring substituents is 1. The van der Waals surface area contributed by atoms with Gasteiger partial charge in [-0.1, -0.05) is 0 Å². The molecule has 0 saturated heterocycles. The van der Waals surface area contributed by atoms with E-state index in [4.69, 9.17) is 0 Å². The average molecular weight is 353 g/mol. The van der Waals surface area contributed by atoms with Crippen LogP contribution in [0.5, 0.6) is 0 Å². The van der Waals surface area contributed by atoms with E-state index in [1.807, 2.05) is 11.6 Å². The van der Waals surface area contributed by atoms with Gasteiger partial charge in [0, 0.05) is 41.3 Å². The van der Waals surface area contributed by atoms with Gasteiger partial charge in [0.25, 0.3) is 5.69 Å². The van der Waals surface area contributed by atoms with Gasteiger partial charge < -0.3 is 5.32 Å². The summed E-state index contributed by atoms with van der Waals surface area (Å²) < 4.78 is 1.97. The Hall–Kier alpha value is -2.96. The molecule has 0 spiro atoms. The summed E-state index contributed by atoms with van der Waals surface area (Å²) >= 11 is 0. The SMILES string of the molecule is Cc1nn(C(C)(C)C)cc1C(C)Nc1ccc([N+](=O)[O-])c2cnccc12. The predicted octanol–water partition coefficient (Wildman–Crippen LogP) is 4.58. The van der Waals surface area contributed by atoms with E-state index in [2.05, 4.69) is 49.3 Å². The van der Waals surface area contributed by atoms with Crippen LogP contribution < -0.4 is 5.32 Å². The fourth-order valence-electron chi connectivity index (χ4n) is 3.01. The molecule has 0 aliphatic heterocycles. The van der Waals surface area contributed by atoms with Gasteiger partial charge in [-0.05, 0) is 46.8 Å². The minimum absolute atomic E-state index is 0.00363. The molecule has 1 N–H and O–H groups in total. The first-order valence-corrected chi connectivity index (χ1v) is 8.53. The second-order valence-electron chi connectivity index (χ2n) is 7.46. The minimum atomic E-state index is -0.380. The van der Waals surface area contributed by atoms with Gasteiger partial charge in [0.1, 0.15) is 0 Å². The van der Waals surface area contributed by atoms with Crippen molar-refractivity contribution in [1.29, 1.82) is 0 Å². The molecule has 26 heavy (non-hydrogen) atoms. The van der Waals surface area contributed by atoms with Gasteiger partial charge in [-0.3, -0.25) is 19.8 Å². The van der Waals surface area contributed by atoms with Crippen LogP contribution in [0.3, 0.4) is 0 Å². The molecule has 2 heterocycles. The zero-order valence-electron chi connectivity index (χ0n) is 15.6. The van der Waals surface area contributed by atoms with Crippen molar-refractivity contribution in [2.75, 3.05) is 5.32 Å². The predicted molar refractivity (Wildman–Crippen MR) is 102 cm³/mol. The second kappa shape index (κ2) is 6.40. The molecule has 1 unspecified atom stereocenters. The summed E-state index contributed by atoms with van der Waals surface area (Å²) in [5, 5.41) is 20.7. The van der Waals surface area contributed by atoms with Crippen LogP contribution in [0.1, 0.15) is 45.0 Å². The van der Waals surface area contributed by atoms with Crippen molar-refractivity contribution in [3.05, 3.63) is 58.2 Å². The van der Waals surface area contributed by atoms with E-state index in [0.29, 0.717) is 5.39 Å². The van der Waals surface area contributed by atoms with Crippen LogP contribution in [0, 0.1) is 17.0 Å². The molecule has 0 bridgehead atoms. The first kappa shape index (κ1) is 17.8. The first-order chi connectivity index (χ1) is 12.2. The Balaban J connectivity index is 1.98. The largest absolute Gasteiger partial charge is 0.378 e. The Labute approximate surface area is 152 Å². The maximum absolute atomic E-state index is 11.3. The van der Waals surface area contributed by atoms with Crippen molar-refractivity contribution in [1.82, 2.24) is 14.8 Å². The number of aryl methyl sites for hydroxylation is 1. The average Bonchev–Trinajstić information content (AvgIpc) is 2.97. The summed E-state index contributed by atoms with van der Waals surface area (Å²) in [5.74, 6) is 0. The number of hydrogen-bond donors (Lipinski definition) is 1. The molecule has 2 aromatic heterocycles. The molecule has 0 fully saturated rings. The zero-order valence-corrected chi connectivity index (χ0v) is 15.6. The van der Waals surface area contributed by atoms with Gasteiger partial charge >= 0.3 is 0 Å². The first-order valence-electron chi connectivity index (χ1n) is 8.53.